The Morgan fingerprint density at radius 1 is 1.29 bits per heavy atom. The lowest BCUT2D eigenvalue weighted by atomic mass is 10.1. The van der Waals surface area contributed by atoms with Gasteiger partial charge in [-0.3, -0.25) is 9.59 Å². The van der Waals surface area contributed by atoms with Gasteiger partial charge in [0.1, 0.15) is 5.75 Å². The Labute approximate surface area is 133 Å². The number of ether oxygens (including phenoxy) is 2. The molecule has 0 atom stereocenters. The van der Waals surface area contributed by atoms with E-state index in [0.29, 0.717) is 26.0 Å². The fraction of sp³-hybridized carbons (Fsp3) is 0.467. The van der Waals surface area contributed by atoms with Crippen molar-refractivity contribution in [2.75, 3.05) is 20.3 Å². The van der Waals surface area contributed by atoms with Crippen molar-refractivity contribution in [3.8, 4) is 5.75 Å². The minimum atomic E-state index is -0.295. The van der Waals surface area contributed by atoms with E-state index in [2.05, 4.69) is 21.2 Å². The SMILES string of the molecule is CCOC(=O)CCNC(=O)CCc1ccc(OC)c(Br)c1. The average Bonchev–Trinajstić information content (AvgIpc) is 2.45. The second-order valence-corrected chi connectivity index (χ2v) is 5.23. The smallest absolute Gasteiger partial charge is 0.307 e. The van der Waals surface area contributed by atoms with Crippen molar-refractivity contribution in [1.82, 2.24) is 5.32 Å². The second kappa shape index (κ2) is 9.39. The lowest BCUT2D eigenvalue weighted by Crippen LogP contribution is -2.26. The zero-order valence-electron chi connectivity index (χ0n) is 12.3. The van der Waals surface area contributed by atoms with Gasteiger partial charge in [0, 0.05) is 13.0 Å². The Kier molecular flexibility index (Phi) is 7.82. The van der Waals surface area contributed by atoms with E-state index in [9.17, 15) is 9.59 Å². The number of carbonyl (C=O) groups excluding carboxylic acids is 2. The quantitative estimate of drug-likeness (QED) is 0.725. The number of hydrogen-bond donors (Lipinski definition) is 1. The molecule has 0 spiro atoms. The molecule has 0 saturated heterocycles. The molecule has 116 valence electrons. The normalized spacial score (nSPS) is 10.0. The van der Waals surface area contributed by atoms with E-state index in [0.717, 1.165) is 15.8 Å². The highest BCUT2D eigenvalue weighted by Crippen LogP contribution is 2.25. The Hall–Kier alpha value is -1.56. The second-order valence-electron chi connectivity index (χ2n) is 4.37. The van der Waals surface area contributed by atoms with E-state index in [1.165, 1.54) is 0 Å². The van der Waals surface area contributed by atoms with Crippen molar-refractivity contribution < 1.29 is 19.1 Å². The van der Waals surface area contributed by atoms with Crippen LogP contribution in [0.4, 0.5) is 0 Å². The number of benzene rings is 1. The molecule has 0 aliphatic rings. The number of amides is 1. The standard InChI is InChI=1S/C15H20BrNO4/c1-3-21-15(19)8-9-17-14(18)7-5-11-4-6-13(20-2)12(16)10-11/h4,6,10H,3,5,7-9H2,1-2H3,(H,17,18). The molecule has 0 radical (unpaired) electrons. The average molecular weight is 358 g/mol. The van der Waals surface area contributed by atoms with E-state index in [-0.39, 0.29) is 18.3 Å². The molecule has 1 N–H and O–H groups in total. The van der Waals surface area contributed by atoms with Gasteiger partial charge in [0.05, 0.1) is 24.6 Å². The summed E-state index contributed by atoms with van der Waals surface area (Å²) in [6.45, 7) is 2.42. The number of esters is 1. The predicted octanol–water partition coefficient (Wildman–Crippen LogP) is 2.46. The molecule has 0 bridgehead atoms. The molecule has 1 amide bonds. The maximum absolute atomic E-state index is 11.7. The molecule has 1 rings (SSSR count). The summed E-state index contributed by atoms with van der Waals surface area (Å²) in [6.07, 6.45) is 1.21. The lowest BCUT2D eigenvalue weighted by molar-refractivity contribution is -0.143. The van der Waals surface area contributed by atoms with E-state index < -0.39 is 0 Å². The van der Waals surface area contributed by atoms with Crippen LogP contribution in [0.15, 0.2) is 22.7 Å². The number of aryl methyl sites for hydroxylation is 1. The summed E-state index contributed by atoms with van der Waals surface area (Å²) < 4.78 is 10.8. The number of methoxy groups -OCH3 is 1. The number of halogens is 1. The summed E-state index contributed by atoms with van der Waals surface area (Å²) in [6, 6.07) is 5.72. The van der Waals surface area contributed by atoms with Crippen molar-refractivity contribution in [2.45, 2.75) is 26.2 Å². The Morgan fingerprint density at radius 2 is 2.05 bits per heavy atom. The van der Waals surface area contributed by atoms with Gasteiger partial charge in [0.2, 0.25) is 5.91 Å². The highest BCUT2D eigenvalue weighted by Gasteiger charge is 2.06. The Balaban J connectivity index is 2.30. The largest absolute Gasteiger partial charge is 0.496 e. The maximum Gasteiger partial charge on any atom is 0.307 e. The molecule has 6 heteroatoms. The molecule has 0 saturated carbocycles. The van der Waals surface area contributed by atoms with Crippen LogP contribution in [-0.4, -0.2) is 32.1 Å². The summed E-state index contributed by atoms with van der Waals surface area (Å²) >= 11 is 3.41. The first-order chi connectivity index (χ1) is 10.1. The molecule has 5 nitrogen and oxygen atoms in total. The number of hydrogen-bond acceptors (Lipinski definition) is 4. The fourth-order valence-electron chi connectivity index (χ4n) is 1.75. The van der Waals surface area contributed by atoms with Crippen LogP contribution < -0.4 is 10.1 Å². The molecule has 0 heterocycles. The summed E-state index contributed by atoms with van der Waals surface area (Å²) in [4.78, 5) is 22.8. The lowest BCUT2D eigenvalue weighted by Gasteiger charge is -2.07. The Bertz CT molecular complexity index is 491. The summed E-state index contributed by atoms with van der Waals surface area (Å²) in [5.41, 5.74) is 1.04. The summed E-state index contributed by atoms with van der Waals surface area (Å²) in [5, 5.41) is 2.70. The zero-order valence-corrected chi connectivity index (χ0v) is 13.9. The molecule has 0 aromatic heterocycles. The van der Waals surface area contributed by atoms with Crippen LogP contribution in [0.5, 0.6) is 5.75 Å². The van der Waals surface area contributed by atoms with E-state index >= 15 is 0 Å². The number of carbonyl (C=O) groups is 2. The van der Waals surface area contributed by atoms with Crippen LogP contribution >= 0.6 is 15.9 Å². The van der Waals surface area contributed by atoms with Gasteiger partial charge < -0.3 is 14.8 Å². The van der Waals surface area contributed by atoms with Crippen LogP contribution in [0.1, 0.15) is 25.3 Å². The molecular formula is C15H20BrNO4. The first-order valence-electron chi connectivity index (χ1n) is 6.81. The first-order valence-corrected chi connectivity index (χ1v) is 7.60. The van der Waals surface area contributed by atoms with Crippen LogP contribution in [-0.2, 0) is 20.7 Å². The summed E-state index contributed by atoms with van der Waals surface area (Å²) in [5.74, 6) is 0.390. The van der Waals surface area contributed by atoms with Gasteiger partial charge in [-0.2, -0.15) is 0 Å². The van der Waals surface area contributed by atoms with Gasteiger partial charge in [0.25, 0.3) is 0 Å². The van der Waals surface area contributed by atoms with Gasteiger partial charge in [-0.15, -0.1) is 0 Å². The minimum Gasteiger partial charge on any atom is -0.496 e. The maximum atomic E-state index is 11.7. The van der Waals surface area contributed by atoms with Gasteiger partial charge in [-0.1, -0.05) is 6.07 Å². The first kappa shape index (κ1) is 17.5. The van der Waals surface area contributed by atoms with Gasteiger partial charge in [-0.05, 0) is 47.0 Å². The van der Waals surface area contributed by atoms with Crippen LogP contribution in [0.3, 0.4) is 0 Å². The third-order valence-corrected chi connectivity index (χ3v) is 3.43. The zero-order chi connectivity index (χ0) is 15.7. The molecule has 1 aromatic rings. The van der Waals surface area contributed by atoms with E-state index in [1.54, 1.807) is 14.0 Å². The van der Waals surface area contributed by atoms with Crippen molar-refractivity contribution in [3.05, 3.63) is 28.2 Å². The highest BCUT2D eigenvalue weighted by molar-refractivity contribution is 9.10. The van der Waals surface area contributed by atoms with Gasteiger partial charge in [0.15, 0.2) is 0 Å². The molecule has 0 fully saturated rings. The Morgan fingerprint density at radius 3 is 2.67 bits per heavy atom. The van der Waals surface area contributed by atoms with E-state index in [1.807, 2.05) is 18.2 Å². The number of rotatable bonds is 8. The summed E-state index contributed by atoms with van der Waals surface area (Å²) in [7, 11) is 1.61. The van der Waals surface area contributed by atoms with Crippen LogP contribution in [0.25, 0.3) is 0 Å². The van der Waals surface area contributed by atoms with Crippen molar-refractivity contribution in [3.63, 3.8) is 0 Å². The van der Waals surface area contributed by atoms with Crippen molar-refractivity contribution >= 4 is 27.8 Å². The fourth-order valence-corrected chi connectivity index (χ4v) is 2.34. The molecule has 0 aliphatic heterocycles. The monoisotopic (exact) mass is 357 g/mol. The van der Waals surface area contributed by atoms with Crippen molar-refractivity contribution in [1.29, 1.82) is 0 Å². The van der Waals surface area contributed by atoms with Crippen LogP contribution in [0.2, 0.25) is 0 Å². The van der Waals surface area contributed by atoms with E-state index in [4.69, 9.17) is 9.47 Å². The van der Waals surface area contributed by atoms with Crippen LogP contribution in [0, 0.1) is 0 Å². The highest BCUT2D eigenvalue weighted by atomic mass is 79.9. The van der Waals surface area contributed by atoms with Gasteiger partial charge >= 0.3 is 5.97 Å². The molecular weight excluding hydrogens is 338 g/mol. The number of nitrogens with one attached hydrogen (secondary N) is 1. The molecule has 21 heavy (non-hydrogen) atoms. The van der Waals surface area contributed by atoms with Crippen molar-refractivity contribution in [2.24, 2.45) is 0 Å². The molecule has 0 aliphatic carbocycles. The van der Waals surface area contributed by atoms with Gasteiger partial charge in [-0.25, -0.2) is 0 Å². The topological polar surface area (TPSA) is 64.6 Å². The molecule has 1 aromatic carbocycles. The third kappa shape index (κ3) is 6.62. The minimum absolute atomic E-state index is 0.0776. The predicted molar refractivity (Wildman–Crippen MR) is 83.3 cm³/mol. The molecule has 0 unspecified atom stereocenters. The third-order valence-electron chi connectivity index (χ3n) is 2.81.